The number of allylic oxidation sites excluding steroid dienone is 24. The first-order chi connectivity index (χ1) is 19.4. The molecule has 1 heterocycles. The van der Waals surface area contributed by atoms with Crippen molar-refractivity contribution in [2.45, 2.75) is 107 Å². The van der Waals surface area contributed by atoms with Crippen LogP contribution in [0.25, 0.3) is 0 Å². The SMILES string of the molecule is CC(C)=CCCC(C)=CC=CC(C)=CC=CC(C)=CC=CC=C(C)C=CC=C(C)C=CC=C(C)CCC1OC1(C)C. The fourth-order valence-electron chi connectivity index (χ4n) is 3.92. The van der Waals surface area contributed by atoms with E-state index in [4.69, 9.17) is 4.74 Å². The zero-order chi connectivity index (χ0) is 30.7. The third-order valence-corrected chi connectivity index (χ3v) is 6.80. The molecule has 0 aromatic carbocycles. The molecule has 0 aliphatic carbocycles. The lowest BCUT2D eigenvalue weighted by Gasteiger charge is -1.98. The first kappa shape index (κ1) is 35.9. The predicted molar refractivity (Wildman–Crippen MR) is 185 cm³/mol. The van der Waals surface area contributed by atoms with E-state index in [0.717, 1.165) is 25.7 Å². The fourth-order valence-corrected chi connectivity index (χ4v) is 3.92. The third-order valence-electron chi connectivity index (χ3n) is 6.80. The maximum atomic E-state index is 5.67. The van der Waals surface area contributed by atoms with Crippen molar-refractivity contribution < 1.29 is 4.74 Å². The smallest absolute Gasteiger partial charge is 0.0892 e. The van der Waals surface area contributed by atoms with Crippen LogP contribution in [0.3, 0.4) is 0 Å². The van der Waals surface area contributed by atoms with E-state index in [1.165, 1.54) is 39.0 Å². The van der Waals surface area contributed by atoms with Crippen molar-refractivity contribution in [3.63, 3.8) is 0 Å². The van der Waals surface area contributed by atoms with E-state index < -0.39 is 0 Å². The topological polar surface area (TPSA) is 12.5 Å². The first-order valence-electron chi connectivity index (χ1n) is 15.1. The summed E-state index contributed by atoms with van der Waals surface area (Å²) in [4.78, 5) is 0. The van der Waals surface area contributed by atoms with Crippen molar-refractivity contribution in [3.8, 4) is 0 Å². The van der Waals surface area contributed by atoms with Crippen LogP contribution in [0.2, 0.25) is 0 Å². The van der Waals surface area contributed by atoms with E-state index in [2.05, 4.69) is 173 Å². The molecule has 1 saturated heterocycles. The molecule has 1 unspecified atom stereocenters. The summed E-state index contributed by atoms with van der Waals surface area (Å²) >= 11 is 0. The molecule has 0 bridgehead atoms. The summed E-state index contributed by atoms with van der Waals surface area (Å²) in [6.45, 7) is 21.5. The highest BCUT2D eigenvalue weighted by molar-refractivity contribution is 5.32. The molecule has 222 valence electrons. The van der Waals surface area contributed by atoms with Crippen LogP contribution in [-0.4, -0.2) is 11.7 Å². The van der Waals surface area contributed by atoms with Crippen LogP contribution in [0.5, 0.6) is 0 Å². The van der Waals surface area contributed by atoms with Gasteiger partial charge in [0, 0.05) is 0 Å². The average Bonchev–Trinajstić information content (AvgIpc) is 3.51. The lowest BCUT2D eigenvalue weighted by Crippen LogP contribution is -2.02. The van der Waals surface area contributed by atoms with Crippen LogP contribution >= 0.6 is 0 Å². The maximum Gasteiger partial charge on any atom is 0.0892 e. The van der Waals surface area contributed by atoms with Crippen molar-refractivity contribution >= 4 is 0 Å². The zero-order valence-electron chi connectivity index (χ0n) is 27.6. The molecule has 1 aliphatic heterocycles. The van der Waals surface area contributed by atoms with Crippen LogP contribution < -0.4 is 0 Å². The summed E-state index contributed by atoms with van der Waals surface area (Å²) in [5, 5.41) is 0. The van der Waals surface area contributed by atoms with Crippen molar-refractivity contribution in [1.82, 2.24) is 0 Å². The largest absolute Gasteiger partial charge is 0.367 e. The third kappa shape index (κ3) is 19.5. The van der Waals surface area contributed by atoms with Crippen molar-refractivity contribution in [3.05, 3.63) is 142 Å². The summed E-state index contributed by atoms with van der Waals surface area (Å²) in [6, 6.07) is 0. The van der Waals surface area contributed by atoms with E-state index in [0.29, 0.717) is 6.10 Å². The Bertz CT molecular complexity index is 1190. The van der Waals surface area contributed by atoms with E-state index in [1.54, 1.807) is 0 Å². The number of hydrogen-bond acceptors (Lipinski definition) is 1. The molecule has 1 atom stereocenters. The Morgan fingerprint density at radius 3 is 1.29 bits per heavy atom. The summed E-state index contributed by atoms with van der Waals surface area (Å²) in [6.07, 6.45) is 41.4. The molecule has 1 rings (SSSR count). The van der Waals surface area contributed by atoms with Crippen LogP contribution in [0.15, 0.2) is 142 Å². The molecule has 0 spiro atoms. The summed E-state index contributed by atoms with van der Waals surface area (Å²) in [5.74, 6) is 0. The molecule has 0 radical (unpaired) electrons. The van der Waals surface area contributed by atoms with Gasteiger partial charge in [0.1, 0.15) is 0 Å². The predicted octanol–water partition coefficient (Wildman–Crippen LogP) is 12.1. The molecular formula is C40H56O. The molecule has 1 aliphatic rings. The van der Waals surface area contributed by atoms with E-state index in [9.17, 15) is 0 Å². The monoisotopic (exact) mass is 552 g/mol. The first-order valence-corrected chi connectivity index (χ1v) is 15.1. The number of hydrogen-bond donors (Lipinski definition) is 0. The molecule has 0 aromatic heterocycles. The Kier molecular flexibility index (Phi) is 17.4. The molecule has 1 fully saturated rings. The normalized spacial score (nSPS) is 19.6. The van der Waals surface area contributed by atoms with Gasteiger partial charge < -0.3 is 4.74 Å². The Labute approximate surface area is 253 Å². The molecule has 0 saturated carbocycles. The Morgan fingerprint density at radius 2 is 0.902 bits per heavy atom. The summed E-state index contributed by atoms with van der Waals surface area (Å²) in [7, 11) is 0. The molecule has 1 heteroatoms. The van der Waals surface area contributed by atoms with Crippen molar-refractivity contribution in [2.24, 2.45) is 0 Å². The van der Waals surface area contributed by atoms with Gasteiger partial charge in [0.25, 0.3) is 0 Å². The van der Waals surface area contributed by atoms with Crippen molar-refractivity contribution in [1.29, 1.82) is 0 Å². The van der Waals surface area contributed by atoms with E-state index >= 15 is 0 Å². The van der Waals surface area contributed by atoms with Gasteiger partial charge in [-0.1, -0.05) is 142 Å². The lowest BCUT2D eigenvalue weighted by atomic mass is 10.0. The molecule has 0 aromatic rings. The van der Waals surface area contributed by atoms with Gasteiger partial charge in [-0.3, -0.25) is 0 Å². The lowest BCUT2D eigenvalue weighted by molar-refractivity contribution is 0.320. The minimum atomic E-state index is 0.0919. The number of ether oxygens (including phenoxy) is 1. The maximum absolute atomic E-state index is 5.67. The van der Waals surface area contributed by atoms with Crippen LogP contribution in [0.1, 0.15) is 94.9 Å². The molecular weight excluding hydrogens is 496 g/mol. The second-order valence-corrected chi connectivity index (χ2v) is 12.1. The van der Waals surface area contributed by atoms with E-state index in [1.807, 2.05) is 0 Å². The minimum absolute atomic E-state index is 0.0919. The average molecular weight is 553 g/mol. The fraction of sp³-hybridized carbons (Fsp3) is 0.400. The van der Waals surface area contributed by atoms with Gasteiger partial charge in [-0.05, 0) is 94.9 Å². The Balaban J connectivity index is 2.45. The highest BCUT2D eigenvalue weighted by Crippen LogP contribution is 2.38. The van der Waals surface area contributed by atoms with Gasteiger partial charge in [0.2, 0.25) is 0 Å². The standard InChI is InChI=1S/C40H56O/c1-32(2)18-13-21-35(5)24-16-27-36(6)25-14-22-33(3)19-11-12-20-34(4)23-15-26-37(7)28-17-29-38(8)30-31-39-40(9,10)41-39/h11-12,14-20,22-29,39H,13,21,30-31H2,1-10H3. The highest BCUT2D eigenvalue weighted by atomic mass is 16.6. The summed E-state index contributed by atoms with van der Waals surface area (Å²) in [5.41, 5.74) is 9.17. The minimum Gasteiger partial charge on any atom is -0.367 e. The van der Waals surface area contributed by atoms with Gasteiger partial charge in [0.05, 0.1) is 11.7 Å². The van der Waals surface area contributed by atoms with Crippen LogP contribution in [-0.2, 0) is 4.74 Å². The Hall–Kier alpha value is -3.16. The van der Waals surface area contributed by atoms with Gasteiger partial charge >= 0.3 is 0 Å². The van der Waals surface area contributed by atoms with Crippen molar-refractivity contribution in [2.75, 3.05) is 0 Å². The number of epoxide rings is 1. The second-order valence-electron chi connectivity index (χ2n) is 12.1. The van der Waals surface area contributed by atoms with E-state index in [-0.39, 0.29) is 5.60 Å². The molecule has 1 nitrogen and oxygen atoms in total. The Morgan fingerprint density at radius 1 is 0.537 bits per heavy atom. The second kappa shape index (κ2) is 19.8. The van der Waals surface area contributed by atoms with Gasteiger partial charge in [-0.2, -0.15) is 0 Å². The van der Waals surface area contributed by atoms with Gasteiger partial charge in [-0.25, -0.2) is 0 Å². The van der Waals surface area contributed by atoms with Gasteiger partial charge in [-0.15, -0.1) is 0 Å². The summed E-state index contributed by atoms with van der Waals surface area (Å²) < 4.78 is 5.67. The number of rotatable bonds is 16. The molecule has 0 N–H and O–H groups in total. The van der Waals surface area contributed by atoms with Crippen LogP contribution in [0.4, 0.5) is 0 Å². The quantitative estimate of drug-likeness (QED) is 0.105. The molecule has 41 heavy (non-hydrogen) atoms. The highest BCUT2D eigenvalue weighted by Gasteiger charge is 2.46. The van der Waals surface area contributed by atoms with Crippen LogP contribution in [0, 0.1) is 0 Å². The zero-order valence-corrected chi connectivity index (χ0v) is 27.6. The molecule has 0 amide bonds. The van der Waals surface area contributed by atoms with Gasteiger partial charge in [0.15, 0.2) is 0 Å².